The van der Waals surface area contributed by atoms with Crippen LogP contribution < -0.4 is 5.32 Å². The molecule has 0 aliphatic heterocycles. The Morgan fingerprint density at radius 1 is 1.26 bits per heavy atom. The van der Waals surface area contributed by atoms with Gasteiger partial charge in [-0.2, -0.15) is 0 Å². The second-order valence-electron chi connectivity index (χ2n) is 4.37. The molecular formula is C12H15F2NO3S. The van der Waals surface area contributed by atoms with Crippen LogP contribution in [0.1, 0.15) is 24.9 Å². The summed E-state index contributed by atoms with van der Waals surface area (Å²) in [6.45, 7) is 1.56. The molecule has 4 nitrogen and oxygen atoms in total. The van der Waals surface area contributed by atoms with Gasteiger partial charge in [0, 0.05) is 18.7 Å². The average Bonchev–Trinajstić information content (AvgIpc) is 2.24. The van der Waals surface area contributed by atoms with Crippen LogP contribution in [0.4, 0.5) is 8.78 Å². The fourth-order valence-electron chi connectivity index (χ4n) is 1.50. The quantitative estimate of drug-likeness (QED) is 0.896. The SMILES string of the molecule is CC(NC(=O)CCS(C)(=O)=O)c1cc(F)cc(F)c1. The Labute approximate surface area is 110 Å². The number of halogens is 2. The molecule has 1 aromatic carbocycles. The van der Waals surface area contributed by atoms with Gasteiger partial charge < -0.3 is 5.32 Å². The fraction of sp³-hybridized carbons (Fsp3) is 0.417. The zero-order valence-corrected chi connectivity index (χ0v) is 11.4. The van der Waals surface area contributed by atoms with Crippen LogP contribution in [0.3, 0.4) is 0 Å². The zero-order chi connectivity index (χ0) is 14.6. The summed E-state index contributed by atoms with van der Waals surface area (Å²) in [5.74, 6) is -2.20. The van der Waals surface area contributed by atoms with Gasteiger partial charge in [0.15, 0.2) is 0 Å². The predicted octanol–water partition coefficient (Wildman–Crippen LogP) is 1.58. The van der Waals surface area contributed by atoms with Gasteiger partial charge in [-0.1, -0.05) is 0 Å². The first-order valence-electron chi connectivity index (χ1n) is 5.60. The summed E-state index contributed by atoms with van der Waals surface area (Å²) in [4.78, 5) is 11.5. The lowest BCUT2D eigenvalue weighted by Gasteiger charge is -2.14. The first-order valence-corrected chi connectivity index (χ1v) is 7.66. The second-order valence-corrected chi connectivity index (χ2v) is 6.63. The van der Waals surface area contributed by atoms with E-state index in [1.54, 1.807) is 6.92 Å². The van der Waals surface area contributed by atoms with Crippen LogP contribution in [-0.4, -0.2) is 26.3 Å². The lowest BCUT2D eigenvalue weighted by atomic mass is 10.1. The molecule has 0 spiro atoms. The number of amides is 1. The molecule has 1 N–H and O–H groups in total. The molecule has 0 bridgehead atoms. The topological polar surface area (TPSA) is 63.2 Å². The number of carbonyl (C=O) groups excluding carboxylic acids is 1. The lowest BCUT2D eigenvalue weighted by molar-refractivity contribution is -0.121. The summed E-state index contributed by atoms with van der Waals surface area (Å²) in [5.41, 5.74) is 0.283. The van der Waals surface area contributed by atoms with Crippen molar-refractivity contribution in [2.45, 2.75) is 19.4 Å². The van der Waals surface area contributed by atoms with Gasteiger partial charge in [0.1, 0.15) is 21.5 Å². The second kappa shape index (κ2) is 6.10. The van der Waals surface area contributed by atoms with E-state index in [9.17, 15) is 22.0 Å². The highest BCUT2D eigenvalue weighted by Crippen LogP contribution is 2.15. The van der Waals surface area contributed by atoms with E-state index >= 15 is 0 Å². The molecule has 1 rings (SSSR count). The molecule has 0 fully saturated rings. The zero-order valence-electron chi connectivity index (χ0n) is 10.6. The Morgan fingerprint density at radius 3 is 2.26 bits per heavy atom. The lowest BCUT2D eigenvalue weighted by Crippen LogP contribution is -2.28. The van der Waals surface area contributed by atoms with Gasteiger partial charge in [0.05, 0.1) is 11.8 Å². The molecule has 106 valence electrons. The normalized spacial score (nSPS) is 13.1. The van der Waals surface area contributed by atoms with E-state index in [2.05, 4.69) is 5.32 Å². The van der Waals surface area contributed by atoms with Gasteiger partial charge in [0.25, 0.3) is 0 Å². The summed E-state index contributed by atoms with van der Waals surface area (Å²) in [6, 6.07) is 2.37. The third kappa shape index (κ3) is 5.78. The van der Waals surface area contributed by atoms with Crippen molar-refractivity contribution in [2.24, 2.45) is 0 Å². The minimum Gasteiger partial charge on any atom is -0.350 e. The van der Waals surface area contributed by atoms with E-state index in [0.717, 1.165) is 24.5 Å². The highest BCUT2D eigenvalue weighted by molar-refractivity contribution is 7.90. The van der Waals surface area contributed by atoms with Crippen molar-refractivity contribution in [3.8, 4) is 0 Å². The van der Waals surface area contributed by atoms with Crippen molar-refractivity contribution in [3.05, 3.63) is 35.4 Å². The van der Waals surface area contributed by atoms with Crippen LogP contribution in [0.15, 0.2) is 18.2 Å². The molecule has 0 aliphatic carbocycles. The molecule has 19 heavy (non-hydrogen) atoms. The van der Waals surface area contributed by atoms with Crippen LogP contribution in [-0.2, 0) is 14.6 Å². The van der Waals surface area contributed by atoms with E-state index in [0.29, 0.717) is 0 Å². The minimum atomic E-state index is -3.21. The summed E-state index contributed by atoms with van der Waals surface area (Å²) in [5, 5.41) is 2.49. The summed E-state index contributed by atoms with van der Waals surface area (Å²) in [6.07, 6.45) is 0.854. The number of sulfone groups is 1. The van der Waals surface area contributed by atoms with Gasteiger partial charge in [-0.3, -0.25) is 4.79 Å². The van der Waals surface area contributed by atoms with Crippen molar-refractivity contribution in [1.29, 1.82) is 0 Å². The van der Waals surface area contributed by atoms with Gasteiger partial charge in [-0.25, -0.2) is 17.2 Å². The molecule has 0 aliphatic rings. The first-order chi connectivity index (χ1) is 8.67. The highest BCUT2D eigenvalue weighted by atomic mass is 32.2. The molecule has 7 heteroatoms. The average molecular weight is 291 g/mol. The summed E-state index contributed by atoms with van der Waals surface area (Å²) < 4.78 is 47.8. The van der Waals surface area contributed by atoms with Crippen molar-refractivity contribution in [2.75, 3.05) is 12.0 Å². The Balaban J connectivity index is 2.64. The Morgan fingerprint density at radius 2 is 1.79 bits per heavy atom. The standard InChI is InChI=1S/C12H15F2NO3S/c1-8(9-5-10(13)7-11(14)6-9)15-12(16)3-4-19(2,17)18/h5-8H,3-4H2,1-2H3,(H,15,16). The molecular weight excluding hydrogens is 276 g/mol. The third-order valence-electron chi connectivity index (χ3n) is 2.46. The van der Waals surface area contributed by atoms with Gasteiger partial charge in [-0.05, 0) is 24.6 Å². The maximum absolute atomic E-state index is 13.0. The van der Waals surface area contributed by atoms with E-state index in [1.807, 2.05) is 0 Å². The van der Waals surface area contributed by atoms with E-state index in [-0.39, 0.29) is 17.7 Å². The summed E-state index contributed by atoms with van der Waals surface area (Å²) >= 11 is 0. The molecule has 1 amide bonds. The van der Waals surface area contributed by atoms with Crippen LogP contribution in [0.2, 0.25) is 0 Å². The highest BCUT2D eigenvalue weighted by Gasteiger charge is 2.13. The summed E-state index contributed by atoms with van der Waals surface area (Å²) in [7, 11) is -3.21. The maximum Gasteiger partial charge on any atom is 0.221 e. The maximum atomic E-state index is 13.0. The van der Waals surface area contributed by atoms with Gasteiger partial charge in [0.2, 0.25) is 5.91 Å². The van der Waals surface area contributed by atoms with Crippen molar-refractivity contribution >= 4 is 15.7 Å². The van der Waals surface area contributed by atoms with Gasteiger partial charge >= 0.3 is 0 Å². The largest absolute Gasteiger partial charge is 0.350 e. The number of rotatable bonds is 5. The van der Waals surface area contributed by atoms with Crippen LogP contribution in [0, 0.1) is 11.6 Å². The Bertz CT molecular complexity index is 552. The van der Waals surface area contributed by atoms with Crippen LogP contribution in [0.5, 0.6) is 0 Å². The monoisotopic (exact) mass is 291 g/mol. The Hall–Kier alpha value is -1.50. The van der Waals surface area contributed by atoms with E-state index in [1.165, 1.54) is 0 Å². The number of carbonyl (C=O) groups is 1. The molecule has 1 aromatic rings. The number of hydrogen-bond donors (Lipinski definition) is 1. The van der Waals surface area contributed by atoms with E-state index in [4.69, 9.17) is 0 Å². The minimum absolute atomic E-state index is 0.180. The molecule has 0 aromatic heterocycles. The fourth-order valence-corrected chi connectivity index (χ4v) is 2.06. The van der Waals surface area contributed by atoms with Gasteiger partial charge in [-0.15, -0.1) is 0 Å². The van der Waals surface area contributed by atoms with E-state index < -0.39 is 33.4 Å². The number of benzene rings is 1. The first kappa shape index (κ1) is 15.6. The molecule has 1 atom stereocenters. The predicted molar refractivity (Wildman–Crippen MR) is 67.2 cm³/mol. The van der Waals surface area contributed by atoms with Crippen LogP contribution in [0.25, 0.3) is 0 Å². The van der Waals surface area contributed by atoms with Crippen molar-refractivity contribution in [3.63, 3.8) is 0 Å². The molecule has 1 unspecified atom stereocenters. The molecule has 0 radical (unpaired) electrons. The molecule has 0 heterocycles. The van der Waals surface area contributed by atoms with Crippen molar-refractivity contribution in [1.82, 2.24) is 5.32 Å². The van der Waals surface area contributed by atoms with Crippen LogP contribution >= 0.6 is 0 Å². The smallest absolute Gasteiger partial charge is 0.221 e. The molecule has 0 saturated carbocycles. The molecule has 0 saturated heterocycles. The Kier molecular flexibility index (Phi) is 4.99. The third-order valence-corrected chi connectivity index (χ3v) is 3.41. The number of nitrogens with one attached hydrogen (secondary N) is 1. The van der Waals surface area contributed by atoms with Crippen molar-refractivity contribution < 1.29 is 22.0 Å². The number of hydrogen-bond acceptors (Lipinski definition) is 3.